The van der Waals surface area contributed by atoms with Gasteiger partial charge in [-0.1, -0.05) is 24.3 Å². The molecule has 2 rings (SSSR count). The van der Waals surface area contributed by atoms with Gasteiger partial charge in [0.15, 0.2) is 0 Å². The third kappa shape index (κ3) is 2.93. The molecule has 0 radical (unpaired) electrons. The zero-order chi connectivity index (χ0) is 13.0. The molecule has 1 N–H and O–H groups in total. The average molecular weight is 241 g/mol. The molecule has 18 heavy (non-hydrogen) atoms. The van der Waals surface area contributed by atoms with Crippen LogP contribution in [0.1, 0.15) is 22.8 Å². The number of rotatable bonds is 3. The van der Waals surface area contributed by atoms with Gasteiger partial charge in [-0.05, 0) is 35.4 Å². The van der Waals surface area contributed by atoms with E-state index in [1.165, 1.54) is 12.1 Å². The molecule has 90 valence electrons. The molecule has 2 aromatic rings. The second-order valence-corrected chi connectivity index (χ2v) is 4.08. The van der Waals surface area contributed by atoms with E-state index in [0.717, 1.165) is 11.1 Å². The summed E-state index contributed by atoms with van der Waals surface area (Å²) in [4.78, 5) is 0. The van der Waals surface area contributed by atoms with Gasteiger partial charge in [-0.3, -0.25) is 0 Å². The predicted octanol–water partition coefficient (Wildman–Crippen LogP) is 2.97. The van der Waals surface area contributed by atoms with Gasteiger partial charge in [0, 0.05) is 6.42 Å². The van der Waals surface area contributed by atoms with Crippen molar-refractivity contribution >= 4 is 0 Å². The van der Waals surface area contributed by atoms with Crippen molar-refractivity contribution in [1.82, 2.24) is 0 Å². The fourth-order valence-corrected chi connectivity index (χ4v) is 1.74. The fraction of sp³-hybridized carbons (Fsp3) is 0.133. The molecule has 2 nitrogen and oxygen atoms in total. The maximum atomic E-state index is 12.7. The van der Waals surface area contributed by atoms with Crippen LogP contribution in [0.5, 0.6) is 0 Å². The lowest BCUT2D eigenvalue weighted by molar-refractivity contribution is 0.178. The van der Waals surface area contributed by atoms with Crippen LogP contribution >= 0.6 is 0 Å². The molecule has 0 spiro atoms. The second-order valence-electron chi connectivity index (χ2n) is 4.08. The van der Waals surface area contributed by atoms with Gasteiger partial charge in [0.05, 0.1) is 17.7 Å². The van der Waals surface area contributed by atoms with Gasteiger partial charge in [0.1, 0.15) is 5.82 Å². The number of nitrogens with zero attached hydrogens (tertiary/aromatic N) is 1. The van der Waals surface area contributed by atoms with Crippen molar-refractivity contribution in [2.75, 3.05) is 0 Å². The normalized spacial score (nSPS) is 11.8. The van der Waals surface area contributed by atoms with E-state index in [0.29, 0.717) is 12.0 Å². The first kappa shape index (κ1) is 12.3. The zero-order valence-corrected chi connectivity index (χ0v) is 9.68. The molecule has 0 aliphatic rings. The lowest BCUT2D eigenvalue weighted by Crippen LogP contribution is -2.01. The van der Waals surface area contributed by atoms with E-state index in [4.69, 9.17) is 5.26 Å². The summed E-state index contributed by atoms with van der Waals surface area (Å²) < 4.78 is 12.7. The van der Waals surface area contributed by atoms with Crippen LogP contribution < -0.4 is 0 Å². The van der Waals surface area contributed by atoms with Crippen LogP contribution in [0.4, 0.5) is 4.39 Å². The van der Waals surface area contributed by atoms with E-state index in [2.05, 4.69) is 0 Å². The molecule has 0 fully saturated rings. The van der Waals surface area contributed by atoms with Crippen molar-refractivity contribution in [2.24, 2.45) is 0 Å². The van der Waals surface area contributed by atoms with Gasteiger partial charge < -0.3 is 5.11 Å². The summed E-state index contributed by atoms with van der Waals surface area (Å²) in [7, 11) is 0. The van der Waals surface area contributed by atoms with Gasteiger partial charge in [0.2, 0.25) is 0 Å². The van der Waals surface area contributed by atoms with E-state index in [1.54, 1.807) is 36.4 Å². The summed E-state index contributed by atoms with van der Waals surface area (Å²) in [6.07, 6.45) is -0.227. The monoisotopic (exact) mass is 241 g/mol. The predicted molar refractivity (Wildman–Crippen MR) is 66.2 cm³/mol. The lowest BCUT2D eigenvalue weighted by atomic mass is 10.0. The number of hydrogen-bond donors (Lipinski definition) is 1. The average Bonchev–Trinajstić information content (AvgIpc) is 2.41. The molecule has 0 bridgehead atoms. The maximum Gasteiger partial charge on any atom is 0.123 e. The summed E-state index contributed by atoms with van der Waals surface area (Å²) in [6, 6.07) is 14.9. The fourth-order valence-electron chi connectivity index (χ4n) is 1.74. The standard InChI is InChI=1S/C15H12FNO/c16-14-7-3-11(4-8-14)9-15(18)13-5-1-12(10-17)2-6-13/h1-8,15,18H,9H2. The van der Waals surface area contributed by atoms with Gasteiger partial charge in [-0.2, -0.15) is 5.26 Å². The molecular formula is C15H12FNO. The molecule has 0 saturated heterocycles. The molecular weight excluding hydrogens is 229 g/mol. The summed E-state index contributed by atoms with van der Waals surface area (Å²) >= 11 is 0. The Hall–Kier alpha value is -2.18. The molecule has 0 aromatic heterocycles. The van der Waals surface area contributed by atoms with Crippen molar-refractivity contribution in [1.29, 1.82) is 5.26 Å². The molecule has 0 amide bonds. The second kappa shape index (κ2) is 5.44. The molecule has 1 atom stereocenters. The van der Waals surface area contributed by atoms with E-state index < -0.39 is 6.10 Å². The Morgan fingerprint density at radius 1 is 1.06 bits per heavy atom. The van der Waals surface area contributed by atoms with Crippen molar-refractivity contribution in [3.63, 3.8) is 0 Å². The van der Waals surface area contributed by atoms with Crippen molar-refractivity contribution < 1.29 is 9.50 Å². The summed E-state index contributed by atoms with van der Waals surface area (Å²) in [6.45, 7) is 0. The minimum Gasteiger partial charge on any atom is -0.388 e. The van der Waals surface area contributed by atoms with Crippen LogP contribution in [0.15, 0.2) is 48.5 Å². The number of hydrogen-bond acceptors (Lipinski definition) is 2. The molecule has 1 unspecified atom stereocenters. The quantitative estimate of drug-likeness (QED) is 0.897. The first-order valence-corrected chi connectivity index (χ1v) is 5.61. The topological polar surface area (TPSA) is 44.0 Å². The molecule has 0 saturated carbocycles. The summed E-state index contributed by atoms with van der Waals surface area (Å²) in [5.74, 6) is -0.286. The summed E-state index contributed by atoms with van der Waals surface area (Å²) in [5, 5.41) is 18.7. The Labute approximate surface area is 105 Å². The van der Waals surface area contributed by atoms with Crippen molar-refractivity contribution in [3.05, 3.63) is 71.0 Å². The van der Waals surface area contributed by atoms with Gasteiger partial charge in [-0.15, -0.1) is 0 Å². The zero-order valence-electron chi connectivity index (χ0n) is 9.68. The highest BCUT2D eigenvalue weighted by molar-refractivity contribution is 5.33. The van der Waals surface area contributed by atoms with Crippen LogP contribution in [0, 0.1) is 17.1 Å². The molecule has 0 aliphatic carbocycles. The first-order valence-electron chi connectivity index (χ1n) is 5.61. The Morgan fingerprint density at radius 2 is 1.67 bits per heavy atom. The number of aliphatic hydroxyl groups excluding tert-OH is 1. The molecule has 0 aliphatic heterocycles. The van der Waals surface area contributed by atoms with Crippen LogP contribution in [0.3, 0.4) is 0 Å². The molecule has 2 aromatic carbocycles. The SMILES string of the molecule is N#Cc1ccc(C(O)Cc2ccc(F)cc2)cc1. The minimum atomic E-state index is -0.650. The van der Waals surface area contributed by atoms with Crippen LogP contribution in [-0.2, 0) is 6.42 Å². The van der Waals surface area contributed by atoms with Crippen LogP contribution in [-0.4, -0.2) is 5.11 Å². The number of halogens is 1. The third-order valence-corrected chi connectivity index (χ3v) is 2.77. The Morgan fingerprint density at radius 3 is 2.22 bits per heavy atom. The van der Waals surface area contributed by atoms with Crippen molar-refractivity contribution in [2.45, 2.75) is 12.5 Å². The van der Waals surface area contributed by atoms with E-state index in [-0.39, 0.29) is 5.82 Å². The molecule has 0 heterocycles. The van der Waals surface area contributed by atoms with E-state index >= 15 is 0 Å². The van der Waals surface area contributed by atoms with Gasteiger partial charge in [-0.25, -0.2) is 4.39 Å². The Balaban J connectivity index is 2.09. The largest absolute Gasteiger partial charge is 0.388 e. The summed E-state index contributed by atoms with van der Waals surface area (Å²) in [5.41, 5.74) is 2.18. The number of aliphatic hydroxyl groups is 1. The van der Waals surface area contributed by atoms with Crippen molar-refractivity contribution in [3.8, 4) is 6.07 Å². The van der Waals surface area contributed by atoms with Crippen LogP contribution in [0.2, 0.25) is 0 Å². The lowest BCUT2D eigenvalue weighted by Gasteiger charge is -2.11. The van der Waals surface area contributed by atoms with E-state index in [1.807, 2.05) is 6.07 Å². The maximum absolute atomic E-state index is 12.7. The highest BCUT2D eigenvalue weighted by Crippen LogP contribution is 2.18. The Bertz CT molecular complexity index is 555. The van der Waals surface area contributed by atoms with Gasteiger partial charge >= 0.3 is 0 Å². The Kier molecular flexibility index (Phi) is 3.71. The third-order valence-electron chi connectivity index (χ3n) is 2.77. The highest BCUT2D eigenvalue weighted by Gasteiger charge is 2.08. The highest BCUT2D eigenvalue weighted by atomic mass is 19.1. The first-order chi connectivity index (χ1) is 8.69. The minimum absolute atomic E-state index is 0.286. The number of nitriles is 1. The molecule has 3 heteroatoms. The van der Waals surface area contributed by atoms with E-state index in [9.17, 15) is 9.50 Å². The number of benzene rings is 2. The van der Waals surface area contributed by atoms with Crippen LogP contribution in [0.25, 0.3) is 0 Å². The smallest absolute Gasteiger partial charge is 0.123 e. The van der Waals surface area contributed by atoms with Gasteiger partial charge in [0.25, 0.3) is 0 Å².